The minimum absolute atomic E-state index is 0.137. The lowest BCUT2D eigenvalue weighted by Crippen LogP contribution is -2.46. The molecule has 0 amide bonds. The number of aliphatic carboxylic acids is 1. The third-order valence-corrected chi connectivity index (χ3v) is 8.94. The van der Waals surface area contributed by atoms with E-state index in [1.54, 1.807) is 0 Å². The molecular formula is C32H46N2O2. The van der Waals surface area contributed by atoms with Crippen molar-refractivity contribution in [3.05, 3.63) is 71.8 Å². The van der Waals surface area contributed by atoms with Crippen LogP contribution in [0.3, 0.4) is 0 Å². The molecule has 4 rings (SSSR count). The molecular weight excluding hydrogens is 444 g/mol. The summed E-state index contributed by atoms with van der Waals surface area (Å²) in [5.74, 6) is 1.36. The summed E-state index contributed by atoms with van der Waals surface area (Å²) in [6, 6.07) is 21.6. The highest BCUT2D eigenvalue weighted by Gasteiger charge is 2.38. The summed E-state index contributed by atoms with van der Waals surface area (Å²) in [6.45, 7) is 7.68. The lowest BCUT2D eigenvalue weighted by Gasteiger charge is -2.35. The maximum atomic E-state index is 12.0. The van der Waals surface area contributed by atoms with Gasteiger partial charge < -0.3 is 15.3 Å². The predicted octanol–water partition coefficient (Wildman–Crippen LogP) is 6.37. The summed E-state index contributed by atoms with van der Waals surface area (Å²) in [4.78, 5) is 14.6. The van der Waals surface area contributed by atoms with Gasteiger partial charge in [-0.25, -0.2) is 0 Å². The second-order valence-electron chi connectivity index (χ2n) is 11.4. The fourth-order valence-corrected chi connectivity index (χ4v) is 6.57. The minimum Gasteiger partial charge on any atom is -0.480 e. The Balaban J connectivity index is 1.30. The van der Waals surface area contributed by atoms with Crippen molar-refractivity contribution in [3.63, 3.8) is 0 Å². The maximum absolute atomic E-state index is 12.0. The molecule has 1 saturated heterocycles. The number of carboxylic acids is 1. The quantitative estimate of drug-likeness (QED) is 0.363. The van der Waals surface area contributed by atoms with Gasteiger partial charge in [0.1, 0.15) is 6.04 Å². The smallest absolute Gasteiger partial charge is 0.320 e. The molecule has 1 heterocycles. The molecule has 2 aliphatic rings. The van der Waals surface area contributed by atoms with Crippen LogP contribution in [0.4, 0.5) is 0 Å². The van der Waals surface area contributed by atoms with Crippen LogP contribution >= 0.6 is 0 Å². The normalized spacial score (nSPS) is 25.0. The van der Waals surface area contributed by atoms with E-state index in [0.29, 0.717) is 11.8 Å². The number of nitrogens with one attached hydrogen (secondary N) is 1. The molecule has 4 nitrogen and oxygen atoms in total. The first kappa shape index (κ1) is 26.9. The number of nitrogens with zero attached hydrogens (tertiary/aromatic N) is 1. The van der Waals surface area contributed by atoms with Crippen LogP contribution < -0.4 is 5.32 Å². The van der Waals surface area contributed by atoms with Gasteiger partial charge in [0, 0.05) is 12.6 Å². The van der Waals surface area contributed by atoms with E-state index in [1.165, 1.54) is 56.3 Å². The summed E-state index contributed by atoms with van der Waals surface area (Å²) in [7, 11) is 0. The van der Waals surface area contributed by atoms with E-state index >= 15 is 0 Å². The Kier molecular flexibility index (Phi) is 10.0. The van der Waals surface area contributed by atoms with E-state index in [0.717, 1.165) is 31.7 Å². The molecule has 2 aromatic rings. The number of hydrogen-bond acceptors (Lipinski definition) is 3. The minimum atomic E-state index is -0.710. The van der Waals surface area contributed by atoms with Gasteiger partial charge in [0.2, 0.25) is 0 Å². The lowest BCUT2D eigenvalue weighted by atomic mass is 9.87. The molecule has 36 heavy (non-hydrogen) atoms. The van der Waals surface area contributed by atoms with E-state index in [4.69, 9.17) is 0 Å². The van der Waals surface area contributed by atoms with Crippen molar-refractivity contribution in [3.8, 4) is 0 Å². The number of carbonyl (C=O) groups is 1. The Labute approximate surface area is 218 Å². The van der Waals surface area contributed by atoms with E-state index < -0.39 is 12.0 Å². The van der Waals surface area contributed by atoms with E-state index in [2.05, 4.69) is 84.7 Å². The zero-order valence-corrected chi connectivity index (χ0v) is 22.3. The van der Waals surface area contributed by atoms with Gasteiger partial charge in [0.25, 0.3) is 0 Å². The molecule has 1 aliphatic heterocycles. The molecule has 3 unspecified atom stereocenters. The molecule has 196 valence electrons. The molecule has 2 fully saturated rings. The number of hydrogen-bond donors (Lipinski definition) is 2. The fourth-order valence-electron chi connectivity index (χ4n) is 6.57. The molecule has 1 saturated carbocycles. The molecule has 2 N–H and O–H groups in total. The van der Waals surface area contributed by atoms with Gasteiger partial charge >= 0.3 is 5.97 Å². The van der Waals surface area contributed by atoms with Crippen molar-refractivity contribution in [1.82, 2.24) is 10.2 Å². The second kappa shape index (κ2) is 13.4. The van der Waals surface area contributed by atoms with Gasteiger partial charge in [0.05, 0.1) is 0 Å². The predicted molar refractivity (Wildman–Crippen MR) is 148 cm³/mol. The van der Waals surface area contributed by atoms with Crippen molar-refractivity contribution < 1.29 is 9.90 Å². The molecule has 5 atom stereocenters. The molecule has 0 bridgehead atoms. The fraction of sp³-hybridized carbons (Fsp3) is 0.594. The van der Waals surface area contributed by atoms with E-state index in [1.807, 2.05) is 0 Å². The van der Waals surface area contributed by atoms with Gasteiger partial charge in [-0.15, -0.1) is 0 Å². The zero-order chi connectivity index (χ0) is 25.3. The van der Waals surface area contributed by atoms with Crippen LogP contribution in [0, 0.1) is 17.8 Å². The Morgan fingerprint density at radius 2 is 1.69 bits per heavy atom. The van der Waals surface area contributed by atoms with Crippen LogP contribution in [-0.2, 0) is 11.2 Å². The first-order valence-electron chi connectivity index (χ1n) is 14.3. The Bertz CT molecular complexity index is 910. The number of benzene rings is 2. The average molecular weight is 491 g/mol. The molecule has 1 aliphatic carbocycles. The lowest BCUT2D eigenvalue weighted by molar-refractivity contribution is -0.141. The maximum Gasteiger partial charge on any atom is 0.320 e. The van der Waals surface area contributed by atoms with Gasteiger partial charge in [-0.1, -0.05) is 87.4 Å². The Morgan fingerprint density at radius 1 is 1.03 bits per heavy atom. The number of carboxylic acid groups (broad SMARTS) is 1. The molecule has 2 aromatic carbocycles. The van der Waals surface area contributed by atoms with Gasteiger partial charge in [-0.3, -0.25) is 4.79 Å². The third-order valence-electron chi connectivity index (χ3n) is 8.94. The third kappa shape index (κ3) is 7.43. The largest absolute Gasteiger partial charge is 0.480 e. The number of rotatable bonds is 12. The molecule has 0 spiro atoms. The highest BCUT2D eigenvalue weighted by Crippen LogP contribution is 2.41. The summed E-state index contributed by atoms with van der Waals surface area (Å²) in [5.41, 5.74) is 2.88. The van der Waals surface area contributed by atoms with Crippen LogP contribution in [-0.4, -0.2) is 47.7 Å². The van der Waals surface area contributed by atoms with Crippen molar-refractivity contribution >= 4 is 5.97 Å². The van der Waals surface area contributed by atoms with Crippen molar-refractivity contribution in [1.29, 1.82) is 0 Å². The van der Waals surface area contributed by atoms with Crippen LogP contribution in [0.5, 0.6) is 0 Å². The van der Waals surface area contributed by atoms with E-state index in [-0.39, 0.29) is 12.0 Å². The first-order chi connectivity index (χ1) is 17.5. The van der Waals surface area contributed by atoms with Crippen LogP contribution in [0.1, 0.15) is 75.8 Å². The Hall–Kier alpha value is -2.17. The summed E-state index contributed by atoms with van der Waals surface area (Å²) in [6.07, 6.45) is 9.44. The van der Waals surface area contributed by atoms with Gasteiger partial charge in [-0.05, 0) is 86.4 Å². The number of likely N-dealkylation sites (tertiary alicyclic amines) is 1. The standard InChI is InChI=1S/C32H46N2O2/c1-3-24(2)31(32(35)36)33-29-21-28(30(22-29)27-15-8-5-9-16-27)23-34-19-17-26(18-20-34)14-10-13-25-11-6-4-7-12-25/h4-9,11-12,15-16,24,26,28-31,33H,3,10,13-14,17-23H2,1-2H3,(H,35,36)/t24?,28-,29?,30-,31?/m1/s1. The highest BCUT2D eigenvalue weighted by molar-refractivity contribution is 5.73. The monoisotopic (exact) mass is 490 g/mol. The van der Waals surface area contributed by atoms with Crippen molar-refractivity contribution in [2.45, 2.75) is 83.2 Å². The SMILES string of the molecule is CCC(C)C(NC1C[C@H](CN2CCC(CCCc3ccccc3)CC2)[C@@H](c2ccccc2)C1)C(=O)O. The van der Waals surface area contributed by atoms with Crippen molar-refractivity contribution in [2.24, 2.45) is 17.8 Å². The average Bonchev–Trinajstić information content (AvgIpc) is 3.31. The van der Waals surface area contributed by atoms with Gasteiger partial charge in [-0.2, -0.15) is 0 Å². The summed E-state index contributed by atoms with van der Waals surface area (Å²) < 4.78 is 0. The van der Waals surface area contributed by atoms with E-state index in [9.17, 15) is 9.90 Å². The summed E-state index contributed by atoms with van der Waals surface area (Å²) in [5, 5.41) is 13.4. The molecule has 0 radical (unpaired) electrons. The number of piperidine rings is 1. The van der Waals surface area contributed by atoms with Crippen LogP contribution in [0.2, 0.25) is 0 Å². The van der Waals surface area contributed by atoms with Crippen LogP contribution in [0.15, 0.2) is 60.7 Å². The Morgan fingerprint density at radius 3 is 2.33 bits per heavy atom. The highest BCUT2D eigenvalue weighted by atomic mass is 16.4. The van der Waals surface area contributed by atoms with Crippen molar-refractivity contribution in [2.75, 3.05) is 19.6 Å². The first-order valence-corrected chi connectivity index (χ1v) is 14.3. The van der Waals surface area contributed by atoms with Gasteiger partial charge in [0.15, 0.2) is 0 Å². The van der Waals surface area contributed by atoms with Crippen LogP contribution in [0.25, 0.3) is 0 Å². The molecule has 0 aromatic heterocycles. The second-order valence-corrected chi connectivity index (χ2v) is 11.4. The topological polar surface area (TPSA) is 52.6 Å². The zero-order valence-electron chi connectivity index (χ0n) is 22.3. The molecule has 4 heteroatoms. The summed E-state index contributed by atoms with van der Waals surface area (Å²) >= 11 is 0. The number of aryl methyl sites for hydroxylation is 1.